The number of alkyl halides is 3. The van der Waals surface area contributed by atoms with Crippen LogP contribution in [0.4, 0.5) is 23.7 Å². The van der Waals surface area contributed by atoms with Crippen molar-refractivity contribution in [3.05, 3.63) is 64.2 Å². The van der Waals surface area contributed by atoms with E-state index in [9.17, 15) is 22.8 Å². The number of nitrogens with zero attached hydrogens (tertiary/aromatic N) is 3. The maximum Gasteiger partial charge on any atom is 0.416 e. The Balaban J connectivity index is 1.38. The molecule has 0 saturated carbocycles. The molecular weight excluding hydrogens is 567 g/mol. The van der Waals surface area contributed by atoms with E-state index in [2.05, 4.69) is 41.2 Å². The van der Waals surface area contributed by atoms with Gasteiger partial charge in [-0.1, -0.05) is 25.5 Å². The maximum absolute atomic E-state index is 13.7. The van der Waals surface area contributed by atoms with Crippen LogP contribution in [-0.2, 0) is 6.18 Å². The van der Waals surface area contributed by atoms with Crippen molar-refractivity contribution < 1.29 is 22.8 Å². The molecule has 0 spiro atoms. The number of anilines is 1. The van der Waals surface area contributed by atoms with Gasteiger partial charge in [0.05, 0.1) is 5.56 Å². The summed E-state index contributed by atoms with van der Waals surface area (Å²) in [6.07, 6.45) is -0.742. The van der Waals surface area contributed by atoms with E-state index in [4.69, 9.17) is 0 Å². The van der Waals surface area contributed by atoms with Crippen LogP contribution in [0.25, 0.3) is 0 Å². The Hall–Kier alpha value is -3.11. The van der Waals surface area contributed by atoms with Crippen molar-refractivity contribution in [3.63, 3.8) is 0 Å². The summed E-state index contributed by atoms with van der Waals surface area (Å²) < 4.78 is 39.5. The van der Waals surface area contributed by atoms with Gasteiger partial charge in [0.1, 0.15) is 0 Å². The minimum Gasteiger partial charge on any atom is -0.338 e. The molecule has 4 rings (SSSR count). The molecule has 3 amide bonds. The Morgan fingerprint density at radius 2 is 1.61 bits per heavy atom. The SMILES string of the molecule is CCC[C@@H](c1ccc(C(F)(F)F)cc1)N1CCN(C2(C)CCN(C(=O)c3c(C)cc(NC(=O)NCC)cc3C)CC2)C[C@@H]1C. The zero-order valence-corrected chi connectivity index (χ0v) is 27.0. The topological polar surface area (TPSA) is 67.9 Å². The smallest absolute Gasteiger partial charge is 0.338 e. The van der Waals surface area contributed by atoms with Crippen LogP contribution in [0, 0.1) is 13.8 Å². The van der Waals surface area contributed by atoms with Crippen LogP contribution in [0.1, 0.15) is 92.0 Å². The number of urea groups is 1. The van der Waals surface area contributed by atoms with Crippen molar-refractivity contribution in [1.82, 2.24) is 20.0 Å². The van der Waals surface area contributed by atoms with Gasteiger partial charge < -0.3 is 15.5 Å². The van der Waals surface area contributed by atoms with Crippen LogP contribution in [0.15, 0.2) is 36.4 Å². The molecule has 7 nitrogen and oxygen atoms in total. The fourth-order valence-electron chi connectivity index (χ4n) is 6.99. The van der Waals surface area contributed by atoms with Crippen LogP contribution in [0.5, 0.6) is 0 Å². The number of carbonyl (C=O) groups is 2. The second-order valence-electron chi connectivity index (χ2n) is 12.7. The highest BCUT2D eigenvalue weighted by Crippen LogP contribution is 2.37. The van der Waals surface area contributed by atoms with E-state index in [1.54, 1.807) is 12.1 Å². The van der Waals surface area contributed by atoms with Crippen LogP contribution >= 0.6 is 0 Å². The van der Waals surface area contributed by atoms with Gasteiger partial charge in [0.15, 0.2) is 0 Å². The van der Waals surface area contributed by atoms with Gasteiger partial charge in [-0.25, -0.2) is 4.79 Å². The van der Waals surface area contributed by atoms with E-state index < -0.39 is 11.7 Å². The third-order valence-corrected chi connectivity index (χ3v) is 9.50. The van der Waals surface area contributed by atoms with E-state index in [1.807, 2.05) is 37.8 Å². The number of nitrogens with one attached hydrogen (secondary N) is 2. The largest absolute Gasteiger partial charge is 0.416 e. The second kappa shape index (κ2) is 13.9. The molecule has 10 heteroatoms. The third kappa shape index (κ3) is 7.57. The van der Waals surface area contributed by atoms with Gasteiger partial charge in [-0.2, -0.15) is 13.2 Å². The minimum absolute atomic E-state index is 0.0312. The lowest BCUT2D eigenvalue weighted by Crippen LogP contribution is -2.62. The minimum atomic E-state index is -4.33. The quantitative estimate of drug-likeness (QED) is 0.336. The molecule has 0 aromatic heterocycles. The first-order chi connectivity index (χ1) is 20.8. The molecule has 2 saturated heterocycles. The highest BCUT2D eigenvalue weighted by Gasteiger charge is 2.41. The van der Waals surface area contributed by atoms with Gasteiger partial charge in [-0.3, -0.25) is 14.6 Å². The Morgan fingerprint density at radius 3 is 2.14 bits per heavy atom. The lowest BCUT2D eigenvalue weighted by molar-refractivity contribution is -0.137. The Kier molecular flexibility index (Phi) is 10.7. The van der Waals surface area contributed by atoms with Crippen molar-refractivity contribution in [2.75, 3.05) is 44.6 Å². The number of carbonyl (C=O) groups excluding carboxylic acids is 2. The number of aryl methyl sites for hydroxylation is 2. The lowest BCUT2D eigenvalue weighted by atomic mass is 9.85. The van der Waals surface area contributed by atoms with Crippen LogP contribution in [0.2, 0.25) is 0 Å². The summed E-state index contributed by atoms with van der Waals surface area (Å²) in [6, 6.07) is 9.46. The first-order valence-corrected chi connectivity index (χ1v) is 15.9. The van der Waals surface area contributed by atoms with E-state index in [0.717, 1.165) is 62.0 Å². The maximum atomic E-state index is 13.7. The standard InChI is InChI=1S/C34H48F3N5O2/c1-7-9-29(26-10-12-27(13-11-26)34(35,36)37)42-19-18-41(22-25(42)5)33(6)14-16-40(17-15-33)31(43)30-23(3)20-28(21-24(30)4)39-32(44)38-8-2/h10-13,20-21,25,29H,7-9,14-19,22H2,1-6H3,(H2,38,39,44)/t25-,29-/m0/s1. The summed E-state index contributed by atoms with van der Waals surface area (Å²) >= 11 is 0. The van der Waals surface area contributed by atoms with Crippen molar-refractivity contribution in [2.45, 2.75) is 91.0 Å². The predicted octanol–water partition coefficient (Wildman–Crippen LogP) is 7.01. The van der Waals surface area contributed by atoms with Crippen molar-refractivity contribution in [2.24, 2.45) is 0 Å². The molecule has 44 heavy (non-hydrogen) atoms. The molecule has 2 atom stereocenters. The number of rotatable bonds is 8. The number of hydrogen-bond acceptors (Lipinski definition) is 4. The van der Waals surface area contributed by atoms with Crippen LogP contribution < -0.4 is 10.6 Å². The fourth-order valence-corrected chi connectivity index (χ4v) is 6.99. The van der Waals surface area contributed by atoms with Crippen molar-refractivity contribution in [1.29, 1.82) is 0 Å². The van der Waals surface area contributed by atoms with Gasteiger partial charge in [0, 0.05) is 68.1 Å². The van der Waals surface area contributed by atoms with Gasteiger partial charge in [-0.05, 0) is 94.8 Å². The van der Waals surface area contributed by atoms with Crippen LogP contribution in [0.3, 0.4) is 0 Å². The number of piperidine rings is 1. The summed E-state index contributed by atoms with van der Waals surface area (Å²) in [6.45, 7) is 16.8. The molecular formula is C34H48F3N5O2. The number of hydrogen-bond donors (Lipinski definition) is 2. The van der Waals surface area contributed by atoms with Gasteiger partial charge in [0.25, 0.3) is 5.91 Å². The van der Waals surface area contributed by atoms with Crippen molar-refractivity contribution in [3.8, 4) is 0 Å². The third-order valence-electron chi connectivity index (χ3n) is 9.50. The highest BCUT2D eigenvalue weighted by atomic mass is 19.4. The molecule has 242 valence electrons. The lowest BCUT2D eigenvalue weighted by Gasteiger charge is -2.53. The summed E-state index contributed by atoms with van der Waals surface area (Å²) in [5.41, 5.74) is 3.35. The monoisotopic (exact) mass is 615 g/mol. The molecule has 2 aromatic rings. The number of benzene rings is 2. The Bertz CT molecular complexity index is 1280. The molecule has 2 N–H and O–H groups in total. The number of halogens is 3. The predicted molar refractivity (Wildman–Crippen MR) is 169 cm³/mol. The second-order valence-corrected chi connectivity index (χ2v) is 12.7. The fraction of sp³-hybridized carbons (Fsp3) is 0.588. The van der Waals surface area contributed by atoms with E-state index >= 15 is 0 Å². The summed E-state index contributed by atoms with van der Waals surface area (Å²) in [7, 11) is 0. The van der Waals surface area contributed by atoms with Gasteiger partial charge in [-0.15, -0.1) is 0 Å². The average molecular weight is 616 g/mol. The molecule has 2 heterocycles. The zero-order valence-electron chi connectivity index (χ0n) is 27.0. The highest BCUT2D eigenvalue weighted by molar-refractivity contribution is 5.98. The van der Waals surface area contributed by atoms with Gasteiger partial charge >= 0.3 is 12.2 Å². The zero-order chi connectivity index (χ0) is 32.2. The molecule has 2 aliphatic rings. The van der Waals surface area contributed by atoms with Crippen molar-refractivity contribution >= 4 is 17.6 Å². The molecule has 2 aromatic carbocycles. The van der Waals surface area contributed by atoms with Gasteiger partial charge in [0.2, 0.25) is 0 Å². The summed E-state index contributed by atoms with van der Waals surface area (Å²) in [5.74, 6) is 0.0312. The molecule has 0 aliphatic carbocycles. The number of amides is 3. The molecule has 0 radical (unpaired) electrons. The number of piperazine rings is 1. The average Bonchev–Trinajstić information content (AvgIpc) is 2.96. The van der Waals surface area contributed by atoms with E-state index in [-0.39, 0.29) is 29.6 Å². The first-order valence-electron chi connectivity index (χ1n) is 15.9. The molecule has 0 unspecified atom stereocenters. The summed E-state index contributed by atoms with van der Waals surface area (Å²) in [5, 5.41) is 5.55. The molecule has 2 fully saturated rings. The number of likely N-dealkylation sites (tertiary alicyclic amines) is 1. The van der Waals surface area contributed by atoms with E-state index in [0.29, 0.717) is 30.9 Å². The first kappa shape index (κ1) is 33.8. The van der Waals surface area contributed by atoms with Crippen LogP contribution in [-0.4, -0.2) is 77.5 Å². The summed E-state index contributed by atoms with van der Waals surface area (Å²) in [4.78, 5) is 32.6. The van der Waals surface area contributed by atoms with E-state index in [1.165, 1.54) is 12.1 Å². The molecule has 0 bridgehead atoms. The Labute approximate surface area is 260 Å². The normalized spacial score (nSPS) is 20.3. The Morgan fingerprint density at radius 1 is 1.00 bits per heavy atom. The molecule has 2 aliphatic heterocycles.